The van der Waals surface area contributed by atoms with E-state index in [0.717, 1.165) is 26.3 Å². The number of carbonyl (C=O) groups is 2. The minimum Gasteiger partial charge on any atom is -0.481 e. The molecule has 1 atom stereocenters. The Morgan fingerprint density at radius 1 is 1.30 bits per heavy atom. The molecule has 0 aromatic rings. The fourth-order valence-electron chi connectivity index (χ4n) is 2.35. The minimum absolute atomic E-state index is 0.0281. The lowest BCUT2D eigenvalue weighted by Gasteiger charge is -2.40. The molecule has 6 heteroatoms. The smallest absolute Gasteiger partial charge is 0.303 e. The summed E-state index contributed by atoms with van der Waals surface area (Å²) in [5, 5.41) is 11.6. The van der Waals surface area contributed by atoms with Gasteiger partial charge < -0.3 is 15.2 Å². The molecule has 0 saturated carbocycles. The Bertz CT molecular complexity index is 338. The van der Waals surface area contributed by atoms with E-state index in [-0.39, 0.29) is 30.2 Å². The van der Waals surface area contributed by atoms with E-state index in [1.165, 1.54) is 0 Å². The third kappa shape index (κ3) is 5.88. The van der Waals surface area contributed by atoms with Gasteiger partial charge in [0.15, 0.2) is 0 Å². The molecule has 6 nitrogen and oxygen atoms in total. The lowest BCUT2D eigenvalue weighted by Crippen LogP contribution is -2.55. The third-order valence-corrected chi connectivity index (χ3v) is 3.64. The van der Waals surface area contributed by atoms with Crippen molar-refractivity contribution in [3.8, 4) is 0 Å². The molecule has 116 valence electrons. The molecule has 1 saturated heterocycles. The summed E-state index contributed by atoms with van der Waals surface area (Å²) in [7, 11) is 0. The molecular weight excluding hydrogens is 260 g/mol. The lowest BCUT2D eigenvalue weighted by molar-refractivity contribution is -0.138. The summed E-state index contributed by atoms with van der Waals surface area (Å²) in [4.78, 5) is 24.7. The molecule has 0 aliphatic carbocycles. The van der Waals surface area contributed by atoms with Crippen molar-refractivity contribution in [3.05, 3.63) is 0 Å². The number of carboxylic acids is 1. The third-order valence-electron chi connectivity index (χ3n) is 3.64. The fraction of sp³-hybridized carbons (Fsp3) is 0.857. The number of morpholine rings is 1. The molecule has 1 heterocycles. The highest BCUT2D eigenvalue weighted by molar-refractivity contribution is 5.77. The van der Waals surface area contributed by atoms with Crippen molar-refractivity contribution in [1.82, 2.24) is 10.2 Å². The fourth-order valence-corrected chi connectivity index (χ4v) is 2.35. The summed E-state index contributed by atoms with van der Waals surface area (Å²) in [5.74, 6) is -1.09. The number of ether oxygens (including phenoxy) is 1. The van der Waals surface area contributed by atoms with E-state index in [4.69, 9.17) is 9.84 Å². The van der Waals surface area contributed by atoms with Crippen LogP contribution in [0.5, 0.6) is 0 Å². The molecule has 0 spiro atoms. The van der Waals surface area contributed by atoms with Gasteiger partial charge in [0.25, 0.3) is 0 Å². The Hall–Kier alpha value is -1.14. The van der Waals surface area contributed by atoms with E-state index in [0.29, 0.717) is 6.54 Å². The molecule has 0 radical (unpaired) electrons. The van der Waals surface area contributed by atoms with Gasteiger partial charge in [0.05, 0.1) is 13.2 Å². The lowest BCUT2D eigenvalue weighted by atomic mass is 10.0. The Kier molecular flexibility index (Phi) is 6.42. The molecule has 20 heavy (non-hydrogen) atoms. The van der Waals surface area contributed by atoms with Crippen LogP contribution < -0.4 is 5.32 Å². The molecule has 1 unspecified atom stereocenters. The second-order valence-corrected chi connectivity index (χ2v) is 6.10. The van der Waals surface area contributed by atoms with Crippen LogP contribution in [-0.2, 0) is 14.3 Å². The van der Waals surface area contributed by atoms with Crippen LogP contribution in [0.4, 0.5) is 0 Å². The van der Waals surface area contributed by atoms with Gasteiger partial charge in [-0.3, -0.25) is 14.5 Å². The molecule has 2 N–H and O–H groups in total. The average Bonchev–Trinajstić information content (AvgIpc) is 2.36. The van der Waals surface area contributed by atoms with E-state index < -0.39 is 5.97 Å². The van der Waals surface area contributed by atoms with Gasteiger partial charge >= 0.3 is 5.97 Å². The van der Waals surface area contributed by atoms with Crippen LogP contribution >= 0.6 is 0 Å². The Balaban J connectivity index is 2.33. The second-order valence-electron chi connectivity index (χ2n) is 6.10. The van der Waals surface area contributed by atoms with Gasteiger partial charge in [-0.1, -0.05) is 6.92 Å². The van der Waals surface area contributed by atoms with Crippen molar-refractivity contribution in [2.24, 2.45) is 5.92 Å². The van der Waals surface area contributed by atoms with E-state index in [1.54, 1.807) is 6.92 Å². The SMILES string of the molecule is CC(CC(=O)O)CC(=O)NCC(C)(C)N1CCOCC1. The molecule has 0 aromatic carbocycles. The Morgan fingerprint density at radius 2 is 1.90 bits per heavy atom. The van der Waals surface area contributed by atoms with Gasteiger partial charge in [0.1, 0.15) is 0 Å². The van der Waals surface area contributed by atoms with Crippen LogP contribution in [0.25, 0.3) is 0 Å². The monoisotopic (exact) mass is 286 g/mol. The Labute approximate surface area is 120 Å². The largest absolute Gasteiger partial charge is 0.481 e. The van der Waals surface area contributed by atoms with Crippen LogP contribution in [-0.4, -0.2) is 60.3 Å². The average molecular weight is 286 g/mol. The van der Waals surface area contributed by atoms with Gasteiger partial charge in [-0.05, 0) is 19.8 Å². The zero-order valence-corrected chi connectivity index (χ0v) is 12.6. The van der Waals surface area contributed by atoms with Crippen molar-refractivity contribution < 1.29 is 19.4 Å². The molecule has 1 amide bonds. The normalized spacial score (nSPS) is 18.6. The van der Waals surface area contributed by atoms with Crippen LogP contribution in [0.3, 0.4) is 0 Å². The number of rotatable bonds is 7. The maximum absolute atomic E-state index is 11.8. The number of nitrogens with one attached hydrogen (secondary N) is 1. The van der Waals surface area contributed by atoms with Crippen LogP contribution in [0, 0.1) is 5.92 Å². The topological polar surface area (TPSA) is 78.9 Å². The summed E-state index contributed by atoms with van der Waals surface area (Å²) in [6, 6.07) is 0. The number of hydrogen-bond donors (Lipinski definition) is 2. The van der Waals surface area contributed by atoms with E-state index >= 15 is 0 Å². The highest BCUT2D eigenvalue weighted by Gasteiger charge is 2.28. The van der Waals surface area contributed by atoms with Crippen LogP contribution in [0.1, 0.15) is 33.6 Å². The molecule has 0 aromatic heterocycles. The van der Waals surface area contributed by atoms with Gasteiger partial charge in [0.2, 0.25) is 5.91 Å². The highest BCUT2D eigenvalue weighted by Crippen LogP contribution is 2.15. The molecule has 1 rings (SSSR count). The number of hydrogen-bond acceptors (Lipinski definition) is 4. The van der Waals surface area contributed by atoms with E-state index in [2.05, 4.69) is 24.1 Å². The van der Waals surface area contributed by atoms with Crippen molar-refractivity contribution in [3.63, 3.8) is 0 Å². The summed E-state index contributed by atoms with van der Waals surface area (Å²) in [6.07, 6.45) is 0.283. The van der Waals surface area contributed by atoms with Gasteiger partial charge in [-0.15, -0.1) is 0 Å². The first-order chi connectivity index (χ1) is 9.31. The standard InChI is InChI=1S/C14H26N2O4/c1-11(9-13(18)19)8-12(17)15-10-14(2,3)16-4-6-20-7-5-16/h11H,4-10H2,1-3H3,(H,15,17)(H,18,19). The molecule has 1 aliphatic rings. The maximum atomic E-state index is 11.8. The number of aliphatic carboxylic acids is 1. The second kappa shape index (κ2) is 7.59. The van der Waals surface area contributed by atoms with Crippen molar-refractivity contribution >= 4 is 11.9 Å². The quantitative estimate of drug-likeness (QED) is 0.721. The molecular formula is C14H26N2O4. The van der Waals surface area contributed by atoms with Gasteiger partial charge in [-0.25, -0.2) is 0 Å². The predicted molar refractivity (Wildman–Crippen MR) is 75.5 cm³/mol. The maximum Gasteiger partial charge on any atom is 0.303 e. The minimum atomic E-state index is -0.862. The highest BCUT2D eigenvalue weighted by atomic mass is 16.5. The summed E-state index contributed by atoms with van der Waals surface area (Å²) in [5.41, 5.74) is -0.116. The Morgan fingerprint density at radius 3 is 2.45 bits per heavy atom. The van der Waals surface area contributed by atoms with E-state index in [9.17, 15) is 9.59 Å². The number of carboxylic acid groups (broad SMARTS) is 1. The molecule has 1 aliphatic heterocycles. The van der Waals surface area contributed by atoms with Crippen molar-refractivity contribution in [2.75, 3.05) is 32.8 Å². The van der Waals surface area contributed by atoms with Crippen molar-refractivity contribution in [1.29, 1.82) is 0 Å². The number of carbonyl (C=O) groups excluding carboxylic acids is 1. The summed E-state index contributed by atoms with van der Waals surface area (Å²) >= 11 is 0. The zero-order chi connectivity index (χ0) is 15.2. The molecule has 1 fully saturated rings. The number of nitrogens with zero attached hydrogens (tertiary/aromatic N) is 1. The summed E-state index contributed by atoms with van der Waals surface area (Å²) < 4.78 is 5.33. The number of amides is 1. The molecule has 0 bridgehead atoms. The predicted octanol–water partition coefficient (Wildman–Crippen LogP) is 0.714. The van der Waals surface area contributed by atoms with E-state index in [1.807, 2.05) is 0 Å². The first-order valence-electron chi connectivity index (χ1n) is 7.12. The van der Waals surface area contributed by atoms with Crippen molar-refractivity contribution in [2.45, 2.75) is 39.2 Å². The summed E-state index contributed by atoms with van der Waals surface area (Å²) in [6.45, 7) is 9.74. The van der Waals surface area contributed by atoms with Crippen LogP contribution in [0.2, 0.25) is 0 Å². The first-order valence-corrected chi connectivity index (χ1v) is 7.12. The van der Waals surface area contributed by atoms with Gasteiger partial charge in [0, 0.05) is 38.0 Å². The first kappa shape index (κ1) is 16.9. The zero-order valence-electron chi connectivity index (χ0n) is 12.6. The van der Waals surface area contributed by atoms with Gasteiger partial charge in [-0.2, -0.15) is 0 Å². The van der Waals surface area contributed by atoms with Crippen LogP contribution in [0.15, 0.2) is 0 Å².